The number of hydroxylamine groups is 2. The van der Waals surface area contributed by atoms with Gasteiger partial charge in [0, 0.05) is 72.4 Å². The van der Waals surface area contributed by atoms with Crippen molar-refractivity contribution in [1.82, 2.24) is 15.7 Å². The second kappa shape index (κ2) is 18.6. The Morgan fingerprint density at radius 2 is 1.56 bits per heavy atom. The number of rotatable bonds is 19. The highest BCUT2D eigenvalue weighted by atomic mass is 32.2. The molecule has 4 aliphatic rings. The summed E-state index contributed by atoms with van der Waals surface area (Å²) in [5.41, 5.74) is 3.14. The molecule has 6 rings (SSSR count). The monoisotopic (exact) mass is 950 g/mol. The Morgan fingerprint density at radius 3 is 2.20 bits per heavy atom. The van der Waals surface area contributed by atoms with Crippen molar-refractivity contribution in [1.29, 1.82) is 0 Å². The van der Waals surface area contributed by atoms with Crippen LogP contribution in [0.25, 0.3) is 0 Å². The molecular formula is C46H58N6O12S2. The number of fused-ring (bicyclic) bond motifs is 2. The summed E-state index contributed by atoms with van der Waals surface area (Å²) in [6, 6.07) is 10.3. The van der Waals surface area contributed by atoms with Gasteiger partial charge < -0.3 is 34.0 Å². The summed E-state index contributed by atoms with van der Waals surface area (Å²) in [5.74, 6) is -4.57. The van der Waals surface area contributed by atoms with E-state index in [2.05, 4.69) is 36.7 Å². The molecule has 3 heterocycles. The highest BCUT2D eigenvalue weighted by Crippen LogP contribution is 2.49. The number of para-hydroxylation sites is 1. The van der Waals surface area contributed by atoms with E-state index < -0.39 is 77.2 Å². The van der Waals surface area contributed by atoms with E-state index in [1.54, 1.807) is 37.6 Å². The first kappa shape index (κ1) is 49.9. The average Bonchev–Trinajstić information content (AvgIpc) is 3.72. The maximum atomic E-state index is 14.6. The van der Waals surface area contributed by atoms with Crippen molar-refractivity contribution in [2.24, 2.45) is 0 Å². The molecule has 2 N–H and O–H groups in total. The van der Waals surface area contributed by atoms with Gasteiger partial charge in [0.05, 0.1) is 65.1 Å². The summed E-state index contributed by atoms with van der Waals surface area (Å²) < 4.78 is 75.8. The number of Topliss-reactive ketones (excluding diaryl/α,β-unsaturated/α-hetero) is 1. The number of unbranched alkanes of at least 4 members (excludes halogenated alkanes) is 2. The number of amides is 3. The Hall–Kier alpha value is -5.54. The lowest BCUT2D eigenvalue weighted by molar-refractivity contribution is -0.870. The minimum Gasteiger partial charge on any atom is -0.748 e. The minimum absolute atomic E-state index is 0.0585. The van der Waals surface area contributed by atoms with Gasteiger partial charge in [0.15, 0.2) is 11.5 Å². The van der Waals surface area contributed by atoms with Crippen LogP contribution in [0.4, 0.5) is 11.4 Å². The molecule has 2 aromatic rings. The molecule has 0 aromatic heterocycles. The second-order valence-corrected chi connectivity index (χ2v) is 22.0. The average molecular weight is 951 g/mol. The fourth-order valence-electron chi connectivity index (χ4n) is 8.88. The third-order valence-electron chi connectivity index (χ3n) is 12.5. The molecule has 3 aliphatic heterocycles. The summed E-state index contributed by atoms with van der Waals surface area (Å²) in [5, 5.41) is 6.01. The van der Waals surface area contributed by atoms with Crippen LogP contribution >= 0.6 is 0 Å². The number of benzene rings is 2. The fraction of sp³-hybridized carbons (Fsp3) is 0.478. The second-order valence-electron chi connectivity index (χ2n) is 19.1. The quantitative estimate of drug-likeness (QED) is 0.0514. The molecule has 18 nitrogen and oxygen atoms in total. The van der Waals surface area contributed by atoms with Crippen molar-refractivity contribution < 1.29 is 63.8 Å². The first-order valence-electron chi connectivity index (χ1n) is 21.8. The van der Waals surface area contributed by atoms with Crippen LogP contribution in [0.15, 0.2) is 82.1 Å². The van der Waals surface area contributed by atoms with Crippen LogP contribution in [0.1, 0.15) is 83.8 Å². The highest BCUT2D eigenvalue weighted by Gasteiger charge is 2.47. The number of ketones is 1. The van der Waals surface area contributed by atoms with Crippen molar-refractivity contribution >= 4 is 66.8 Å². The van der Waals surface area contributed by atoms with Crippen molar-refractivity contribution in [2.45, 2.75) is 94.4 Å². The molecule has 20 heteroatoms. The molecule has 2 aromatic carbocycles. The Balaban J connectivity index is 1.35. The highest BCUT2D eigenvalue weighted by molar-refractivity contribution is 7.86. The molecule has 0 bridgehead atoms. The van der Waals surface area contributed by atoms with Gasteiger partial charge in [0.2, 0.25) is 11.6 Å². The number of carbonyl (C=O) groups is 5. The summed E-state index contributed by atoms with van der Waals surface area (Å²) in [6.07, 6.45) is 5.13. The van der Waals surface area contributed by atoms with Crippen LogP contribution in [0.5, 0.6) is 0 Å². The molecule has 3 amide bonds. The van der Waals surface area contributed by atoms with Gasteiger partial charge in [-0.15, -0.1) is 5.06 Å². The Morgan fingerprint density at radius 1 is 0.894 bits per heavy atom. The van der Waals surface area contributed by atoms with Gasteiger partial charge in [-0.05, 0) is 69.4 Å². The van der Waals surface area contributed by atoms with Crippen LogP contribution in [-0.2, 0) is 59.9 Å². The van der Waals surface area contributed by atoms with E-state index in [0.717, 1.165) is 40.8 Å². The molecule has 1 fully saturated rings. The van der Waals surface area contributed by atoms with E-state index in [0.29, 0.717) is 28.6 Å². The van der Waals surface area contributed by atoms with Crippen molar-refractivity contribution in [2.75, 3.05) is 58.5 Å². The van der Waals surface area contributed by atoms with Crippen LogP contribution < -0.4 is 15.5 Å². The Labute approximate surface area is 386 Å². The number of hydrogen-bond donors (Lipinski definition) is 2. The molecule has 0 saturated carbocycles. The van der Waals surface area contributed by atoms with Crippen LogP contribution in [0, 0.1) is 0 Å². The van der Waals surface area contributed by atoms with Crippen LogP contribution in [0.3, 0.4) is 0 Å². The number of carbonyl (C=O) groups excluding carboxylic acids is 5. The third-order valence-corrected chi connectivity index (χ3v) is 14.0. The number of nitrogens with zero attached hydrogens (tertiary/aromatic N) is 4. The molecule has 1 aliphatic carbocycles. The first-order valence-corrected chi connectivity index (χ1v) is 24.8. The standard InChI is InChI=1S/C46H58N6O12S2/c1-45(2)32-15-9-10-16-36(32)50(23-13-14-24-52(6,7)8)38(45)27-31-42(30(43(31)56)26-37-46(3,4)33-25-29(66(61,62)63)18-19-35(33)49(37)5)48-34(28-65(58,59)60)44(57)47-22-12-11-17-41(55)64-51-39(53)20-21-40(51)54/h9-10,15-16,18-19,25-27,34H,11-14,17,20-24,28H2,1-8H3,(H2-2,47,48,56,57,58,59,60,61,62,63). The molecule has 1 atom stereocenters. The van der Waals surface area contributed by atoms with Crippen molar-refractivity contribution in [3.8, 4) is 0 Å². The summed E-state index contributed by atoms with van der Waals surface area (Å²) >= 11 is 0. The largest absolute Gasteiger partial charge is 0.748 e. The van der Waals surface area contributed by atoms with Gasteiger partial charge in [-0.3, -0.25) is 19.2 Å². The Kier molecular flexibility index (Phi) is 14.1. The lowest BCUT2D eigenvalue weighted by Gasteiger charge is -2.33. The predicted molar refractivity (Wildman–Crippen MR) is 241 cm³/mol. The zero-order valence-electron chi connectivity index (χ0n) is 38.6. The number of nitrogens with one attached hydrogen (secondary N) is 2. The molecule has 0 radical (unpaired) electrons. The van der Waals surface area contributed by atoms with Gasteiger partial charge >= 0.3 is 5.97 Å². The van der Waals surface area contributed by atoms with Crippen LogP contribution in [-0.4, -0.2) is 135 Å². The van der Waals surface area contributed by atoms with Gasteiger partial charge in [0.25, 0.3) is 11.8 Å². The van der Waals surface area contributed by atoms with Gasteiger partial charge in [0.1, 0.15) is 23.2 Å². The minimum atomic E-state index is -5.06. The molecule has 1 saturated heterocycles. The maximum absolute atomic E-state index is 14.6. The molecule has 1 unspecified atom stereocenters. The molecule has 0 spiro atoms. The zero-order chi connectivity index (χ0) is 48.7. The summed E-state index contributed by atoms with van der Waals surface area (Å²) in [4.78, 5) is 71.0. The topological polar surface area (TPSA) is 243 Å². The SMILES string of the molecule is C[N+]1=C(/C=C2\C(=O)C(/C=C3/N(CCCC[N+](C)(C)C)c4ccccc4C3(C)C)=C2NC(CS(=O)(=O)[O-])C(=O)NCCCCC(=O)ON2C(=O)CCC2=O)C(C)(C)c2cc(S(=O)(=O)[O-])ccc21. The molecule has 66 heavy (non-hydrogen) atoms. The first-order chi connectivity index (χ1) is 30.6. The van der Waals surface area contributed by atoms with Crippen molar-refractivity contribution in [3.05, 3.63) is 88.3 Å². The number of quaternary nitrogens is 1. The fourth-order valence-corrected chi connectivity index (χ4v) is 10.0. The van der Waals surface area contributed by atoms with E-state index in [1.165, 1.54) is 18.2 Å². The number of imide groups is 1. The van der Waals surface area contributed by atoms with E-state index in [9.17, 15) is 49.9 Å². The van der Waals surface area contributed by atoms with Gasteiger partial charge in [-0.25, -0.2) is 21.6 Å². The van der Waals surface area contributed by atoms with Gasteiger partial charge in [-0.1, -0.05) is 32.0 Å². The number of hydrogen-bond acceptors (Lipinski definition) is 14. The lowest BCUT2D eigenvalue weighted by atomic mass is 9.76. The summed E-state index contributed by atoms with van der Waals surface area (Å²) in [7, 11) is -1.77. The Bertz CT molecular complexity index is 2710. The smallest absolute Gasteiger partial charge is 0.333 e. The van der Waals surface area contributed by atoms with E-state index >= 15 is 0 Å². The van der Waals surface area contributed by atoms with E-state index in [-0.39, 0.29) is 55.5 Å². The van der Waals surface area contributed by atoms with E-state index in [4.69, 9.17) is 4.84 Å². The van der Waals surface area contributed by atoms with Crippen molar-refractivity contribution in [3.63, 3.8) is 0 Å². The number of allylic oxidation sites excluding steroid dienone is 5. The lowest BCUT2D eigenvalue weighted by Crippen LogP contribution is -2.50. The molecular weight excluding hydrogens is 893 g/mol. The zero-order valence-corrected chi connectivity index (χ0v) is 40.2. The molecule has 356 valence electrons. The van der Waals surface area contributed by atoms with Gasteiger partial charge in [-0.2, -0.15) is 4.58 Å². The normalized spacial score (nSPS) is 19.7. The summed E-state index contributed by atoms with van der Waals surface area (Å²) in [6.45, 7) is 9.18. The third kappa shape index (κ3) is 10.7. The predicted octanol–water partition coefficient (Wildman–Crippen LogP) is 2.93. The maximum Gasteiger partial charge on any atom is 0.333 e. The number of anilines is 1. The van der Waals surface area contributed by atoms with Crippen LogP contribution in [0.2, 0.25) is 0 Å². The van der Waals surface area contributed by atoms with E-state index in [1.807, 2.05) is 38.1 Å².